The van der Waals surface area contributed by atoms with Gasteiger partial charge in [0.1, 0.15) is 11.3 Å². The van der Waals surface area contributed by atoms with Crippen molar-refractivity contribution in [2.75, 3.05) is 7.11 Å². The van der Waals surface area contributed by atoms with Crippen LogP contribution in [-0.2, 0) is 4.74 Å². The fourth-order valence-corrected chi connectivity index (χ4v) is 3.51. The van der Waals surface area contributed by atoms with Gasteiger partial charge in [0.2, 0.25) is 0 Å². The predicted molar refractivity (Wildman–Crippen MR) is 113 cm³/mol. The Morgan fingerprint density at radius 1 is 1.06 bits per heavy atom. The molecule has 0 fully saturated rings. The van der Waals surface area contributed by atoms with E-state index in [4.69, 9.17) is 4.74 Å². The smallest absolute Gasteiger partial charge is 0.341 e. The molecule has 2 aromatic rings. The zero-order valence-corrected chi connectivity index (χ0v) is 17.0. The number of carbonyl (C=O) groups excluding carboxylic acids is 1. The third-order valence-corrected chi connectivity index (χ3v) is 5.09. The molecule has 0 aromatic heterocycles. The van der Waals surface area contributed by atoms with E-state index < -0.39 is 10.9 Å². The summed E-state index contributed by atoms with van der Waals surface area (Å²) in [6.45, 7) is 3.58. The molecular weight excluding hydrogens is 400 g/mol. The summed E-state index contributed by atoms with van der Waals surface area (Å²) < 4.78 is 7.75. The van der Waals surface area contributed by atoms with Gasteiger partial charge < -0.3 is 9.30 Å². The summed E-state index contributed by atoms with van der Waals surface area (Å²) >= 11 is 0. The van der Waals surface area contributed by atoms with Crippen molar-refractivity contribution in [3.8, 4) is 22.6 Å². The average Bonchev–Trinajstić information content (AvgIpc) is 3.09. The molecule has 9 heteroatoms. The second-order valence-corrected chi connectivity index (χ2v) is 7.06. The van der Waals surface area contributed by atoms with Crippen LogP contribution in [0.4, 0.5) is 5.69 Å². The first-order valence-electron chi connectivity index (χ1n) is 9.36. The quantitative estimate of drug-likeness (QED) is 0.285. The summed E-state index contributed by atoms with van der Waals surface area (Å²) in [5.74, 6) is -0.645. The average molecular weight is 418 g/mol. The first-order valence-corrected chi connectivity index (χ1v) is 9.36. The van der Waals surface area contributed by atoms with E-state index in [1.54, 1.807) is 35.9 Å². The highest BCUT2D eigenvalue weighted by Crippen LogP contribution is 2.27. The molecular formula is C22H18N4O5. The second kappa shape index (κ2) is 7.52. The van der Waals surface area contributed by atoms with Crippen molar-refractivity contribution in [2.45, 2.75) is 13.8 Å². The highest BCUT2D eigenvalue weighted by molar-refractivity contribution is 5.96. The first-order chi connectivity index (χ1) is 14.8. The van der Waals surface area contributed by atoms with E-state index in [-0.39, 0.29) is 28.1 Å². The van der Waals surface area contributed by atoms with Gasteiger partial charge in [0, 0.05) is 30.2 Å². The van der Waals surface area contributed by atoms with Gasteiger partial charge in [-0.25, -0.2) is 4.79 Å². The highest BCUT2D eigenvalue weighted by atomic mass is 16.6. The molecule has 0 N–H and O–H groups in total. The number of non-ortho nitro benzene ring substituents is 1. The van der Waals surface area contributed by atoms with E-state index in [2.05, 4.69) is 5.10 Å². The Hall–Kier alpha value is -4.27. The minimum Gasteiger partial charge on any atom is -0.465 e. The lowest BCUT2D eigenvalue weighted by Gasteiger charge is -2.13. The van der Waals surface area contributed by atoms with Crippen molar-refractivity contribution in [1.82, 2.24) is 14.3 Å². The van der Waals surface area contributed by atoms with Crippen molar-refractivity contribution in [3.63, 3.8) is 0 Å². The van der Waals surface area contributed by atoms with Gasteiger partial charge in [-0.1, -0.05) is 18.2 Å². The maximum Gasteiger partial charge on any atom is 0.341 e. The monoisotopic (exact) mass is 418 g/mol. The van der Waals surface area contributed by atoms with E-state index in [0.717, 1.165) is 5.56 Å². The summed E-state index contributed by atoms with van der Waals surface area (Å²) in [6.07, 6.45) is 3.08. The van der Waals surface area contributed by atoms with Crippen LogP contribution >= 0.6 is 0 Å². The summed E-state index contributed by atoms with van der Waals surface area (Å²) in [5.41, 5.74) is 2.77. The molecule has 9 nitrogen and oxygen atoms in total. The van der Waals surface area contributed by atoms with Crippen LogP contribution in [0.15, 0.2) is 59.7 Å². The van der Waals surface area contributed by atoms with Crippen molar-refractivity contribution in [3.05, 3.63) is 92.0 Å². The van der Waals surface area contributed by atoms with Crippen LogP contribution in [0, 0.1) is 24.0 Å². The molecule has 0 saturated carbocycles. The lowest BCUT2D eigenvalue weighted by Crippen LogP contribution is -2.16. The minimum atomic E-state index is -0.645. The summed E-state index contributed by atoms with van der Waals surface area (Å²) in [7, 11) is 1.25. The Bertz CT molecular complexity index is 1370. The van der Waals surface area contributed by atoms with Gasteiger partial charge >= 0.3 is 5.97 Å². The Morgan fingerprint density at radius 3 is 2.45 bits per heavy atom. The molecule has 156 valence electrons. The molecule has 0 bridgehead atoms. The summed E-state index contributed by atoms with van der Waals surface area (Å²) in [6, 6.07) is 11.7. The lowest BCUT2D eigenvalue weighted by molar-refractivity contribution is -0.384. The summed E-state index contributed by atoms with van der Waals surface area (Å²) in [4.78, 5) is 36.3. The van der Waals surface area contributed by atoms with Crippen LogP contribution in [0.1, 0.15) is 21.5 Å². The predicted octanol–water partition coefficient (Wildman–Crippen LogP) is 3.44. The molecule has 0 radical (unpaired) electrons. The SMILES string of the molecule is COC(=O)c1cn(-c2ccc([N+](=O)[O-])cc2C)cc2c(=O)n(-c3ccccc3C)nc1-2. The van der Waals surface area contributed by atoms with Gasteiger partial charge in [0.05, 0.1) is 23.3 Å². The number of hydrogen-bond donors (Lipinski definition) is 0. The van der Waals surface area contributed by atoms with Crippen LogP contribution < -0.4 is 5.56 Å². The van der Waals surface area contributed by atoms with E-state index >= 15 is 0 Å². The molecule has 2 aliphatic heterocycles. The number of fused-ring (bicyclic) bond motifs is 1. The van der Waals surface area contributed by atoms with Crippen LogP contribution in [0.5, 0.6) is 0 Å². The Kier molecular flexibility index (Phi) is 4.86. The highest BCUT2D eigenvalue weighted by Gasteiger charge is 2.26. The van der Waals surface area contributed by atoms with E-state index in [9.17, 15) is 19.7 Å². The van der Waals surface area contributed by atoms with Gasteiger partial charge in [-0.05, 0) is 37.1 Å². The van der Waals surface area contributed by atoms with Gasteiger partial charge in [0.15, 0.2) is 0 Å². The summed E-state index contributed by atoms with van der Waals surface area (Å²) in [5, 5.41) is 15.5. The van der Waals surface area contributed by atoms with Crippen LogP contribution in [0.25, 0.3) is 22.6 Å². The number of methoxy groups -OCH3 is 1. The zero-order valence-electron chi connectivity index (χ0n) is 17.0. The normalized spacial score (nSPS) is 10.9. The van der Waals surface area contributed by atoms with Gasteiger partial charge in [-0.2, -0.15) is 9.78 Å². The van der Waals surface area contributed by atoms with Crippen molar-refractivity contribution in [2.24, 2.45) is 0 Å². The standard InChI is InChI=1S/C22H18N4O5/c1-13-6-4-5-7-19(13)25-21(27)16-11-24(12-17(20(16)23-25)22(28)31-3)18-9-8-15(26(29)30)10-14(18)2/h4-12H,1-3H3. The molecule has 2 aliphatic rings. The number of pyridine rings is 1. The number of para-hydroxylation sites is 1. The van der Waals surface area contributed by atoms with E-state index in [1.165, 1.54) is 30.1 Å². The molecule has 0 saturated heterocycles. The van der Waals surface area contributed by atoms with Crippen LogP contribution in [0.2, 0.25) is 0 Å². The molecule has 2 heterocycles. The zero-order chi connectivity index (χ0) is 22.3. The molecule has 0 unspecified atom stereocenters. The largest absolute Gasteiger partial charge is 0.465 e. The van der Waals surface area contributed by atoms with Gasteiger partial charge in [-0.3, -0.25) is 14.9 Å². The topological polar surface area (TPSA) is 109 Å². The molecule has 0 atom stereocenters. The lowest BCUT2D eigenvalue weighted by atomic mass is 10.1. The molecule has 0 spiro atoms. The number of nitrogens with zero attached hydrogens (tertiary/aromatic N) is 4. The van der Waals surface area contributed by atoms with Gasteiger partial charge in [0.25, 0.3) is 11.2 Å². The van der Waals surface area contributed by atoms with E-state index in [0.29, 0.717) is 16.9 Å². The number of esters is 1. The fraction of sp³-hybridized carbons (Fsp3) is 0.136. The van der Waals surface area contributed by atoms with Crippen LogP contribution in [-0.4, -0.2) is 32.3 Å². The van der Waals surface area contributed by atoms with E-state index in [1.807, 2.05) is 19.1 Å². The molecule has 0 amide bonds. The Morgan fingerprint density at radius 2 is 1.81 bits per heavy atom. The number of ether oxygens (including phenoxy) is 1. The van der Waals surface area contributed by atoms with Gasteiger partial charge in [-0.15, -0.1) is 0 Å². The first kappa shape index (κ1) is 20.0. The van der Waals surface area contributed by atoms with Crippen molar-refractivity contribution < 1.29 is 14.5 Å². The third kappa shape index (κ3) is 3.35. The number of carbonyl (C=O) groups is 1. The van der Waals surface area contributed by atoms with Crippen molar-refractivity contribution >= 4 is 11.7 Å². The number of rotatable bonds is 4. The Labute approximate surface area is 176 Å². The molecule has 0 aliphatic carbocycles. The number of nitro groups is 1. The fourth-order valence-electron chi connectivity index (χ4n) is 3.51. The third-order valence-electron chi connectivity index (χ3n) is 5.09. The van der Waals surface area contributed by atoms with Crippen molar-refractivity contribution in [1.29, 1.82) is 0 Å². The number of aryl methyl sites for hydroxylation is 2. The number of benzene rings is 2. The molecule has 4 rings (SSSR count). The Balaban J connectivity index is 2.00. The number of aromatic nitrogens is 3. The minimum absolute atomic E-state index is 0.0481. The number of hydrogen-bond acceptors (Lipinski definition) is 6. The second-order valence-electron chi connectivity index (χ2n) is 7.06. The van der Waals surface area contributed by atoms with Crippen LogP contribution in [0.3, 0.4) is 0 Å². The maximum absolute atomic E-state index is 13.2. The number of nitro benzene ring substituents is 1. The molecule has 2 aromatic carbocycles. The maximum atomic E-state index is 13.2. The molecule has 31 heavy (non-hydrogen) atoms.